The summed E-state index contributed by atoms with van der Waals surface area (Å²) >= 11 is 0. The topological polar surface area (TPSA) is 71.5 Å². The number of carbonyl (C=O) groups is 1. The van der Waals surface area contributed by atoms with Gasteiger partial charge in [0.2, 0.25) is 5.91 Å². The molecule has 0 atom stereocenters. The number of nitrogens with one attached hydrogen (secondary N) is 1. The highest BCUT2D eigenvalue weighted by atomic mass is 16.5. The van der Waals surface area contributed by atoms with Crippen molar-refractivity contribution < 1.29 is 14.6 Å². The molecule has 5 heteroatoms. The number of methoxy groups -OCH3 is 1. The van der Waals surface area contributed by atoms with Crippen molar-refractivity contribution in [3.63, 3.8) is 0 Å². The summed E-state index contributed by atoms with van der Waals surface area (Å²) in [5, 5.41) is 12.1. The van der Waals surface area contributed by atoms with Crippen LogP contribution in [0.3, 0.4) is 0 Å². The Morgan fingerprint density at radius 3 is 2.90 bits per heavy atom. The van der Waals surface area contributed by atoms with E-state index in [1.165, 1.54) is 0 Å². The zero-order chi connectivity index (χ0) is 15.1. The van der Waals surface area contributed by atoms with Gasteiger partial charge in [0.15, 0.2) is 0 Å². The van der Waals surface area contributed by atoms with Crippen LogP contribution >= 0.6 is 0 Å². The molecule has 2 rings (SSSR count). The van der Waals surface area contributed by atoms with Gasteiger partial charge in [-0.15, -0.1) is 0 Å². The molecule has 0 unspecified atom stereocenters. The van der Waals surface area contributed by atoms with Gasteiger partial charge >= 0.3 is 0 Å². The predicted octanol–water partition coefficient (Wildman–Crippen LogP) is 2.15. The van der Waals surface area contributed by atoms with Gasteiger partial charge in [0.1, 0.15) is 5.75 Å². The van der Waals surface area contributed by atoms with E-state index >= 15 is 0 Å². The van der Waals surface area contributed by atoms with E-state index in [9.17, 15) is 9.90 Å². The van der Waals surface area contributed by atoms with Crippen molar-refractivity contribution in [3.05, 3.63) is 53.9 Å². The standard InChI is InChI=1S/C16H18N2O3/c1-21-15-6-5-14(9-13(15)11-19)18-16(20)7-4-12-3-2-8-17-10-12/h2-3,5-6,8-10,19H,4,7,11H2,1H3,(H,18,20). The molecule has 1 amide bonds. The number of aromatic nitrogens is 1. The molecule has 2 N–H and O–H groups in total. The number of pyridine rings is 1. The molecule has 0 bridgehead atoms. The molecule has 110 valence electrons. The average molecular weight is 286 g/mol. The van der Waals surface area contributed by atoms with E-state index in [1.807, 2.05) is 12.1 Å². The third-order valence-corrected chi connectivity index (χ3v) is 3.10. The molecule has 5 nitrogen and oxygen atoms in total. The summed E-state index contributed by atoms with van der Waals surface area (Å²) in [6, 6.07) is 8.98. The normalized spacial score (nSPS) is 10.2. The largest absolute Gasteiger partial charge is 0.496 e. The number of nitrogens with zero attached hydrogens (tertiary/aromatic N) is 1. The second-order valence-corrected chi connectivity index (χ2v) is 4.59. The van der Waals surface area contributed by atoms with E-state index in [4.69, 9.17) is 4.74 Å². The van der Waals surface area contributed by atoms with Crippen LogP contribution in [0.25, 0.3) is 0 Å². The third kappa shape index (κ3) is 4.29. The first-order valence-electron chi connectivity index (χ1n) is 6.69. The zero-order valence-corrected chi connectivity index (χ0v) is 11.9. The number of aryl methyl sites for hydroxylation is 1. The molecular weight excluding hydrogens is 268 g/mol. The summed E-state index contributed by atoms with van der Waals surface area (Å²) in [6.07, 6.45) is 4.48. The van der Waals surface area contributed by atoms with Crippen LogP contribution in [0.4, 0.5) is 5.69 Å². The van der Waals surface area contributed by atoms with Gasteiger partial charge < -0.3 is 15.2 Å². The van der Waals surface area contributed by atoms with Crippen LogP contribution in [0.5, 0.6) is 5.75 Å². The van der Waals surface area contributed by atoms with Gasteiger partial charge in [0.25, 0.3) is 0 Å². The van der Waals surface area contributed by atoms with Gasteiger partial charge in [0, 0.05) is 30.1 Å². The molecule has 0 radical (unpaired) electrons. The van der Waals surface area contributed by atoms with Gasteiger partial charge in [-0.25, -0.2) is 0 Å². The Balaban J connectivity index is 1.93. The van der Waals surface area contributed by atoms with E-state index in [0.29, 0.717) is 29.8 Å². The number of anilines is 1. The summed E-state index contributed by atoms with van der Waals surface area (Å²) in [5.41, 5.74) is 2.32. The Kier molecular flexibility index (Phi) is 5.29. The first-order chi connectivity index (χ1) is 10.2. The summed E-state index contributed by atoms with van der Waals surface area (Å²) in [5.74, 6) is 0.527. The molecule has 0 saturated heterocycles. The van der Waals surface area contributed by atoms with E-state index in [2.05, 4.69) is 10.3 Å². The quantitative estimate of drug-likeness (QED) is 0.853. The van der Waals surface area contributed by atoms with Crippen molar-refractivity contribution in [2.75, 3.05) is 12.4 Å². The van der Waals surface area contributed by atoms with Crippen LogP contribution in [0, 0.1) is 0 Å². The maximum absolute atomic E-state index is 11.9. The number of ether oxygens (including phenoxy) is 1. The smallest absolute Gasteiger partial charge is 0.224 e. The fraction of sp³-hybridized carbons (Fsp3) is 0.250. The Morgan fingerprint density at radius 2 is 2.24 bits per heavy atom. The molecule has 0 fully saturated rings. The molecule has 0 aliphatic heterocycles. The number of carbonyl (C=O) groups excluding carboxylic acids is 1. The van der Waals surface area contributed by atoms with Gasteiger partial charge in [-0.05, 0) is 36.2 Å². The highest BCUT2D eigenvalue weighted by Crippen LogP contribution is 2.22. The van der Waals surface area contributed by atoms with Crippen LogP contribution in [0.15, 0.2) is 42.7 Å². The Labute approximate surface area is 123 Å². The SMILES string of the molecule is COc1ccc(NC(=O)CCc2cccnc2)cc1CO. The average Bonchev–Trinajstić information content (AvgIpc) is 2.53. The minimum Gasteiger partial charge on any atom is -0.496 e. The number of hydrogen-bond acceptors (Lipinski definition) is 4. The highest BCUT2D eigenvalue weighted by Gasteiger charge is 2.07. The first kappa shape index (κ1) is 15.0. The second kappa shape index (κ2) is 7.40. The molecule has 0 aliphatic carbocycles. The van der Waals surface area contributed by atoms with E-state index in [1.54, 1.807) is 37.7 Å². The molecule has 0 aliphatic rings. The lowest BCUT2D eigenvalue weighted by atomic mass is 10.1. The van der Waals surface area contributed by atoms with Crippen molar-refractivity contribution in [1.82, 2.24) is 4.98 Å². The maximum atomic E-state index is 11.9. The lowest BCUT2D eigenvalue weighted by molar-refractivity contribution is -0.116. The fourth-order valence-electron chi connectivity index (χ4n) is 2.01. The van der Waals surface area contributed by atoms with Crippen molar-refractivity contribution >= 4 is 11.6 Å². The van der Waals surface area contributed by atoms with Crippen LogP contribution in [-0.2, 0) is 17.8 Å². The van der Waals surface area contributed by atoms with Crippen molar-refractivity contribution in [1.29, 1.82) is 0 Å². The van der Waals surface area contributed by atoms with Crippen LogP contribution in [0.2, 0.25) is 0 Å². The van der Waals surface area contributed by atoms with Crippen LogP contribution in [-0.4, -0.2) is 23.1 Å². The summed E-state index contributed by atoms with van der Waals surface area (Å²) in [6.45, 7) is -0.136. The molecule has 1 aromatic heterocycles. The molecule has 21 heavy (non-hydrogen) atoms. The van der Waals surface area contributed by atoms with Crippen molar-refractivity contribution in [2.24, 2.45) is 0 Å². The van der Waals surface area contributed by atoms with Crippen LogP contribution < -0.4 is 10.1 Å². The molecule has 1 heterocycles. The number of rotatable bonds is 6. The van der Waals surface area contributed by atoms with E-state index < -0.39 is 0 Å². The summed E-state index contributed by atoms with van der Waals surface area (Å²) in [7, 11) is 1.54. The third-order valence-electron chi connectivity index (χ3n) is 3.10. The zero-order valence-electron chi connectivity index (χ0n) is 11.9. The van der Waals surface area contributed by atoms with Gasteiger partial charge in [-0.1, -0.05) is 6.07 Å². The minimum absolute atomic E-state index is 0.0760. The van der Waals surface area contributed by atoms with Gasteiger partial charge in [-0.3, -0.25) is 9.78 Å². The predicted molar refractivity (Wildman–Crippen MR) is 80.1 cm³/mol. The molecule has 0 saturated carbocycles. The Morgan fingerprint density at radius 1 is 1.38 bits per heavy atom. The fourth-order valence-corrected chi connectivity index (χ4v) is 2.01. The first-order valence-corrected chi connectivity index (χ1v) is 6.69. The molecule has 2 aromatic rings. The lowest BCUT2D eigenvalue weighted by Crippen LogP contribution is -2.12. The van der Waals surface area contributed by atoms with Crippen molar-refractivity contribution in [3.8, 4) is 5.75 Å². The highest BCUT2D eigenvalue weighted by molar-refractivity contribution is 5.91. The van der Waals surface area contributed by atoms with Gasteiger partial charge in [-0.2, -0.15) is 0 Å². The lowest BCUT2D eigenvalue weighted by Gasteiger charge is -2.10. The van der Waals surface area contributed by atoms with Gasteiger partial charge in [0.05, 0.1) is 13.7 Å². The minimum atomic E-state index is -0.136. The number of amides is 1. The van der Waals surface area contributed by atoms with E-state index in [0.717, 1.165) is 5.56 Å². The number of hydrogen-bond donors (Lipinski definition) is 2. The molecule has 0 spiro atoms. The maximum Gasteiger partial charge on any atom is 0.224 e. The second-order valence-electron chi connectivity index (χ2n) is 4.59. The molecular formula is C16H18N2O3. The number of benzene rings is 1. The Bertz CT molecular complexity index is 600. The summed E-state index contributed by atoms with van der Waals surface area (Å²) in [4.78, 5) is 15.9. The summed E-state index contributed by atoms with van der Waals surface area (Å²) < 4.78 is 5.12. The Hall–Kier alpha value is -2.40. The molecule has 1 aromatic carbocycles. The number of aliphatic hydroxyl groups excluding tert-OH is 1. The van der Waals surface area contributed by atoms with E-state index in [-0.39, 0.29) is 12.5 Å². The van der Waals surface area contributed by atoms with Crippen LogP contribution in [0.1, 0.15) is 17.5 Å². The monoisotopic (exact) mass is 286 g/mol. The number of aliphatic hydroxyl groups is 1. The van der Waals surface area contributed by atoms with Crippen molar-refractivity contribution in [2.45, 2.75) is 19.4 Å².